The summed E-state index contributed by atoms with van der Waals surface area (Å²) in [5.41, 5.74) is 5.44. The summed E-state index contributed by atoms with van der Waals surface area (Å²) in [6.07, 6.45) is 5.38. The van der Waals surface area contributed by atoms with Crippen molar-refractivity contribution in [3.05, 3.63) is 66.4 Å². The van der Waals surface area contributed by atoms with Crippen molar-refractivity contribution in [2.24, 2.45) is 0 Å². The zero-order valence-corrected chi connectivity index (χ0v) is 17.0. The number of halogens is 1. The van der Waals surface area contributed by atoms with E-state index in [1.54, 1.807) is 12.4 Å². The number of aromatic amines is 1. The van der Waals surface area contributed by atoms with Gasteiger partial charge < -0.3 is 10.1 Å². The summed E-state index contributed by atoms with van der Waals surface area (Å²) < 4.78 is 13.4. The van der Waals surface area contributed by atoms with Crippen LogP contribution in [0.1, 0.15) is 38.3 Å². The first-order valence-electron chi connectivity index (χ1n) is 10.3. The Hall–Kier alpha value is -2.50. The maximum atomic E-state index is 13.4. The number of H-pyrrole nitrogens is 1. The average molecular weight is 394 g/mol. The maximum absolute atomic E-state index is 13.4. The Balaban J connectivity index is 1.63. The number of pyridine rings is 1. The molecule has 29 heavy (non-hydrogen) atoms. The summed E-state index contributed by atoms with van der Waals surface area (Å²) in [7, 11) is 0. The Kier molecular flexibility index (Phi) is 5.79. The second-order valence-electron chi connectivity index (χ2n) is 8.05. The van der Waals surface area contributed by atoms with E-state index in [9.17, 15) is 9.50 Å². The van der Waals surface area contributed by atoms with E-state index in [0.717, 1.165) is 48.3 Å². The lowest BCUT2D eigenvalue weighted by Gasteiger charge is -2.37. The van der Waals surface area contributed by atoms with Crippen molar-refractivity contribution in [3.8, 4) is 22.4 Å². The molecule has 2 atom stereocenters. The van der Waals surface area contributed by atoms with Gasteiger partial charge in [0.05, 0.1) is 11.8 Å². The molecule has 0 spiro atoms. The quantitative estimate of drug-likeness (QED) is 0.653. The van der Waals surface area contributed by atoms with Gasteiger partial charge in [0.15, 0.2) is 0 Å². The number of aliphatic hydroxyl groups excluding tert-OH is 1. The molecule has 4 nitrogen and oxygen atoms in total. The minimum Gasteiger partial charge on any atom is -0.392 e. The number of likely N-dealkylation sites (tertiary alicyclic amines) is 1. The number of nitrogens with one attached hydrogen (secondary N) is 1. The highest BCUT2D eigenvalue weighted by Crippen LogP contribution is 2.37. The predicted molar refractivity (Wildman–Crippen MR) is 114 cm³/mol. The Labute approximate surface area is 171 Å². The van der Waals surface area contributed by atoms with Crippen LogP contribution in [0.4, 0.5) is 4.39 Å². The van der Waals surface area contributed by atoms with Gasteiger partial charge in [-0.3, -0.25) is 9.88 Å². The van der Waals surface area contributed by atoms with Gasteiger partial charge in [0, 0.05) is 35.6 Å². The molecule has 1 unspecified atom stereocenters. The number of hydrogen-bond acceptors (Lipinski definition) is 3. The Morgan fingerprint density at radius 1 is 1.03 bits per heavy atom. The molecule has 0 amide bonds. The molecule has 3 heterocycles. The first kappa shape index (κ1) is 19.8. The van der Waals surface area contributed by atoms with Crippen molar-refractivity contribution < 1.29 is 9.50 Å². The molecule has 1 aliphatic rings. The van der Waals surface area contributed by atoms with Crippen LogP contribution in [-0.4, -0.2) is 45.2 Å². The van der Waals surface area contributed by atoms with E-state index < -0.39 is 0 Å². The molecule has 5 heteroatoms. The first-order valence-corrected chi connectivity index (χ1v) is 10.3. The number of nitrogens with zero attached hydrogens (tertiary/aromatic N) is 2. The van der Waals surface area contributed by atoms with E-state index in [1.165, 1.54) is 17.8 Å². The molecule has 3 aromatic rings. The second kappa shape index (κ2) is 8.47. The molecule has 1 fully saturated rings. The summed E-state index contributed by atoms with van der Waals surface area (Å²) >= 11 is 0. The van der Waals surface area contributed by atoms with E-state index in [2.05, 4.69) is 27.9 Å². The SMILES string of the molecule is CC(O)[C@H](C)N1CCC(c2cc(-c3ccncc3)c(-c3ccc(F)cc3)[nH]2)CC1. The lowest BCUT2D eigenvalue weighted by molar-refractivity contribution is 0.0550. The topological polar surface area (TPSA) is 52.1 Å². The lowest BCUT2D eigenvalue weighted by Crippen LogP contribution is -2.44. The summed E-state index contributed by atoms with van der Waals surface area (Å²) in [6.45, 7) is 5.91. The first-order chi connectivity index (χ1) is 14.0. The summed E-state index contributed by atoms with van der Waals surface area (Å²) in [4.78, 5) is 10.1. The standard InChI is InChI=1S/C24H28FN3O/c1-16(17(2)29)28-13-9-19(10-14-28)23-15-22(18-7-11-26-12-8-18)24(27-23)20-3-5-21(25)6-4-20/h3-8,11-12,15-17,19,27,29H,9-10,13-14H2,1-2H3/t16-,17?/m0/s1. The molecule has 0 bridgehead atoms. The average Bonchev–Trinajstić information content (AvgIpc) is 3.20. The van der Waals surface area contributed by atoms with Gasteiger partial charge in [0.2, 0.25) is 0 Å². The van der Waals surface area contributed by atoms with E-state index >= 15 is 0 Å². The van der Waals surface area contributed by atoms with Crippen LogP contribution < -0.4 is 0 Å². The number of aromatic nitrogens is 2. The van der Waals surface area contributed by atoms with Crippen molar-refractivity contribution in [1.29, 1.82) is 0 Å². The molecule has 4 rings (SSSR count). The molecular formula is C24H28FN3O. The van der Waals surface area contributed by atoms with Gasteiger partial charge in [-0.2, -0.15) is 0 Å². The number of rotatable bonds is 5. The molecule has 1 aromatic carbocycles. The number of aliphatic hydroxyl groups is 1. The minimum absolute atomic E-state index is 0.182. The van der Waals surface area contributed by atoms with Gasteiger partial charge in [0.1, 0.15) is 5.82 Å². The van der Waals surface area contributed by atoms with Crippen molar-refractivity contribution in [1.82, 2.24) is 14.9 Å². The lowest BCUT2D eigenvalue weighted by atomic mass is 9.92. The van der Waals surface area contributed by atoms with Crippen molar-refractivity contribution in [2.45, 2.75) is 44.8 Å². The van der Waals surface area contributed by atoms with Crippen molar-refractivity contribution in [3.63, 3.8) is 0 Å². The predicted octanol–water partition coefficient (Wildman–Crippen LogP) is 4.83. The smallest absolute Gasteiger partial charge is 0.123 e. The summed E-state index contributed by atoms with van der Waals surface area (Å²) in [5, 5.41) is 9.89. The fourth-order valence-electron chi connectivity index (χ4n) is 4.22. The highest BCUT2D eigenvalue weighted by Gasteiger charge is 2.27. The third-order valence-electron chi connectivity index (χ3n) is 6.21. The number of hydrogen-bond donors (Lipinski definition) is 2. The zero-order valence-electron chi connectivity index (χ0n) is 17.0. The Morgan fingerprint density at radius 3 is 2.31 bits per heavy atom. The maximum Gasteiger partial charge on any atom is 0.123 e. The van der Waals surface area contributed by atoms with Crippen molar-refractivity contribution >= 4 is 0 Å². The van der Waals surface area contributed by atoms with Gasteiger partial charge in [-0.15, -0.1) is 0 Å². The molecule has 0 aliphatic carbocycles. The highest BCUT2D eigenvalue weighted by atomic mass is 19.1. The third-order valence-corrected chi connectivity index (χ3v) is 6.21. The minimum atomic E-state index is -0.319. The number of piperidine rings is 1. The fourth-order valence-corrected chi connectivity index (χ4v) is 4.22. The van der Waals surface area contributed by atoms with Crippen LogP contribution in [0.2, 0.25) is 0 Å². The largest absolute Gasteiger partial charge is 0.392 e. The molecular weight excluding hydrogens is 365 g/mol. The van der Waals surface area contributed by atoms with E-state index in [1.807, 2.05) is 31.2 Å². The van der Waals surface area contributed by atoms with Crippen LogP contribution in [0.15, 0.2) is 54.9 Å². The Morgan fingerprint density at radius 2 is 1.69 bits per heavy atom. The van der Waals surface area contributed by atoms with Crippen LogP contribution in [0, 0.1) is 5.82 Å². The zero-order chi connectivity index (χ0) is 20.4. The van der Waals surface area contributed by atoms with E-state index in [-0.39, 0.29) is 18.0 Å². The van der Waals surface area contributed by atoms with Gasteiger partial charge in [-0.05, 0) is 93.4 Å². The van der Waals surface area contributed by atoms with Crippen molar-refractivity contribution in [2.75, 3.05) is 13.1 Å². The summed E-state index contributed by atoms with van der Waals surface area (Å²) in [6, 6.07) is 13.1. The van der Waals surface area contributed by atoms with Gasteiger partial charge in [0.25, 0.3) is 0 Å². The molecule has 2 aromatic heterocycles. The third kappa shape index (κ3) is 4.26. The molecule has 2 N–H and O–H groups in total. The molecule has 1 aliphatic heterocycles. The van der Waals surface area contributed by atoms with Gasteiger partial charge >= 0.3 is 0 Å². The molecule has 152 valence electrons. The van der Waals surface area contributed by atoms with Crippen LogP contribution in [0.5, 0.6) is 0 Å². The van der Waals surface area contributed by atoms with E-state index in [4.69, 9.17) is 0 Å². The molecule has 0 saturated carbocycles. The second-order valence-corrected chi connectivity index (χ2v) is 8.05. The monoisotopic (exact) mass is 393 g/mol. The van der Waals surface area contributed by atoms with Crippen LogP contribution in [0.25, 0.3) is 22.4 Å². The van der Waals surface area contributed by atoms with Crippen LogP contribution in [0.3, 0.4) is 0 Å². The Bertz CT molecular complexity index is 929. The number of benzene rings is 1. The normalized spacial score (nSPS) is 17.9. The molecule has 1 saturated heterocycles. The van der Waals surface area contributed by atoms with Gasteiger partial charge in [-0.1, -0.05) is 0 Å². The van der Waals surface area contributed by atoms with Gasteiger partial charge in [-0.25, -0.2) is 4.39 Å². The summed E-state index contributed by atoms with van der Waals surface area (Å²) in [5.74, 6) is 0.216. The molecule has 0 radical (unpaired) electrons. The highest BCUT2D eigenvalue weighted by molar-refractivity contribution is 5.82. The fraction of sp³-hybridized carbons (Fsp3) is 0.375. The van der Waals surface area contributed by atoms with Crippen LogP contribution >= 0.6 is 0 Å². The van der Waals surface area contributed by atoms with Crippen LogP contribution in [-0.2, 0) is 0 Å². The van der Waals surface area contributed by atoms with E-state index in [0.29, 0.717) is 5.92 Å².